The first-order chi connectivity index (χ1) is 8.59. The van der Waals surface area contributed by atoms with E-state index in [-0.39, 0.29) is 0 Å². The first-order valence-electron chi connectivity index (χ1n) is 5.59. The molecule has 1 N–H and O–H groups in total. The Bertz CT molecular complexity index is 449. The molecular formula is C12H13BrFNO3. The van der Waals surface area contributed by atoms with Crippen LogP contribution in [0.5, 0.6) is 0 Å². The minimum atomic E-state index is -0.941. The molecule has 2 rings (SSSR count). The number of morpholine rings is 1. The number of rotatable bonds is 3. The Kier molecular flexibility index (Phi) is 4.31. The van der Waals surface area contributed by atoms with Crippen molar-refractivity contribution >= 4 is 21.9 Å². The van der Waals surface area contributed by atoms with Crippen molar-refractivity contribution in [3.05, 3.63) is 34.1 Å². The molecule has 0 bridgehead atoms. The summed E-state index contributed by atoms with van der Waals surface area (Å²) in [4.78, 5) is 13.3. The van der Waals surface area contributed by atoms with E-state index in [1.54, 1.807) is 0 Å². The Morgan fingerprint density at radius 1 is 1.44 bits per heavy atom. The number of carbonyl (C=O) groups is 1. The zero-order chi connectivity index (χ0) is 13.1. The van der Waals surface area contributed by atoms with Crippen molar-refractivity contribution in [3.8, 4) is 0 Å². The molecule has 0 amide bonds. The highest BCUT2D eigenvalue weighted by molar-refractivity contribution is 9.10. The molecule has 1 unspecified atom stereocenters. The average Bonchev–Trinajstić information content (AvgIpc) is 2.33. The summed E-state index contributed by atoms with van der Waals surface area (Å²) in [6.07, 6.45) is 0. The number of carboxylic acid groups (broad SMARTS) is 1. The minimum absolute atomic E-state index is 0.392. The summed E-state index contributed by atoms with van der Waals surface area (Å²) in [5, 5.41) is 9.38. The second-order valence-electron chi connectivity index (χ2n) is 4.05. The molecule has 1 saturated heterocycles. The van der Waals surface area contributed by atoms with E-state index in [9.17, 15) is 14.3 Å². The Hall–Kier alpha value is -0.980. The maximum Gasteiger partial charge on any atom is 0.325 e. The first kappa shape index (κ1) is 13.5. The maximum atomic E-state index is 13.0. The van der Waals surface area contributed by atoms with E-state index < -0.39 is 17.8 Å². The molecule has 0 aromatic heterocycles. The number of nitrogens with zero attached hydrogens (tertiary/aromatic N) is 1. The normalized spacial score (nSPS) is 18.6. The summed E-state index contributed by atoms with van der Waals surface area (Å²) in [6.45, 7) is 2.15. The monoisotopic (exact) mass is 317 g/mol. The molecule has 1 aromatic carbocycles. The van der Waals surface area contributed by atoms with E-state index in [1.807, 2.05) is 4.90 Å². The van der Waals surface area contributed by atoms with E-state index in [4.69, 9.17) is 4.74 Å². The lowest BCUT2D eigenvalue weighted by atomic mass is 10.0. The molecule has 0 aliphatic carbocycles. The van der Waals surface area contributed by atoms with Crippen molar-refractivity contribution in [2.24, 2.45) is 0 Å². The fraction of sp³-hybridized carbons (Fsp3) is 0.417. The number of halogens is 2. The number of aliphatic carboxylic acids is 1. The number of carboxylic acids is 1. The molecule has 98 valence electrons. The third-order valence-corrected chi connectivity index (χ3v) is 3.59. The van der Waals surface area contributed by atoms with Crippen molar-refractivity contribution in [2.75, 3.05) is 26.3 Å². The molecule has 1 aromatic rings. The molecule has 0 spiro atoms. The largest absolute Gasteiger partial charge is 0.480 e. The average molecular weight is 318 g/mol. The Morgan fingerprint density at radius 2 is 2.11 bits per heavy atom. The minimum Gasteiger partial charge on any atom is -0.480 e. The summed E-state index contributed by atoms with van der Waals surface area (Å²) in [5.41, 5.74) is 0.561. The van der Waals surface area contributed by atoms with Gasteiger partial charge in [-0.2, -0.15) is 0 Å². The van der Waals surface area contributed by atoms with Crippen molar-refractivity contribution in [1.82, 2.24) is 4.90 Å². The maximum absolute atomic E-state index is 13.0. The van der Waals surface area contributed by atoms with E-state index in [0.29, 0.717) is 36.3 Å². The van der Waals surface area contributed by atoms with Crippen molar-refractivity contribution in [2.45, 2.75) is 6.04 Å². The Morgan fingerprint density at radius 3 is 2.67 bits per heavy atom. The Labute approximate surface area is 112 Å². The lowest BCUT2D eigenvalue weighted by molar-refractivity contribution is -0.145. The highest BCUT2D eigenvalue weighted by Crippen LogP contribution is 2.29. The second-order valence-corrected chi connectivity index (χ2v) is 4.91. The van der Waals surface area contributed by atoms with Gasteiger partial charge in [0.1, 0.15) is 11.9 Å². The lowest BCUT2D eigenvalue weighted by Gasteiger charge is -2.32. The van der Waals surface area contributed by atoms with Crippen LogP contribution in [-0.2, 0) is 9.53 Å². The molecule has 1 heterocycles. The zero-order valence-electron chi connectivity index (χ0n) is 9.60. The van der Waals surface area contributed by atoms with Crippen LogP contribution in [0.2, 0.25) is 0 Å². The van der Waals surface area contributed by atoms with Crippen molar-refractivity contribution in [3.63, 3.8) is 0 Å². The Balaban J connectivity index is 2.31. The van der Waals surface area contributed by atoms with Crippen LogP contribution in [-0.4, -0.2) is 42.3 Å². The van der Waals surface area contributed by atoms with Gasteiger partial charge in [0.2, 0.25) is 0 Å². The van der Waals surface area contributed by atoms with Gasteiger partial charge in [0.15, 0.2) is 0 Å². The van der Waals surface area contributed by atoms with E-state index >= 15 is 0 Å². The van der Waals surface area contributed by atoms with Gasteiger partial charge < -0.3 is 9.84 Å². The van der Waals surface area contributed by atoms with Gasteiger partial charge in [-0.15, -0.1) is 0 Å². The van der Waals surface area contributed by atoms with E-state index in [2.05, 4.69) is 15.9 Å². The SMILES string of the molecule is O=C(O)C(c1ccc(F)cc1Br)N1CCOCC1. The smallest absolute Gasteiger partial charge is 0.325 e. The van der Waals surface area contributed by atoms with Gasteiger partial charge >= 0.3 is 5.97 Å². The van der Waals surface area contributed by atoms with E-state index in [1.165, 1.54) is 18.2 Å². The van der Waals surface area contributed by atoms with Gasteiger partial charge in [0.25, 0.3) is 0 Å². The molecule has 1 aliphatic rings. The number of ether oxygens (including phenoxy) is 1. The van der Waals surface area contributed by atoms with Crippen molar-refractivity contribution < 1.29 is 19.0 Å². The third kappa shape index (κ3) is 2.88. The molecule has 1 fully saturated rings. The molecule has 0 radical (unpaired) electrons. The quantitative estimate of drug-likeness (QED) is 0.927. The summed E-state index contributed by atoms with van der Waals surface area (Å²) in [5.74, 6) is -1.33. The van der Waals surface area contributed by atoms with Gasteiger partial charge in [0.05, 0.1) is 13.2 Å². The van der Waals surface area contributed by atoms with Crippen LogP contribution in [0.25, 0.3) is 0 Å². The predicted octanol–water partition coefficient (Wildman–Crippen LogP) is 2.05. The second kappa shape index (κ2) is 5.77. The van der Waals surface area contributed by atoms with Crippen molar-refractivity contribution in [1.29, 1.82) is 0 Å². The summed E-state index contributed by atoms with van der Waals surface area (Å²) >= 11 is 3.22. The van der Waals surface area contributed by atoms with Crippen LogP contribution in [0.4, 0.5) is 4.39 Å². The van der Waals surface area contributed by atoms with Crippen LogP contribution in [0.15, 0.2) is 22.7 Å². The highest BCUT2D eigenvalue weighted by atomic mass is 79.9. The van der Waals surface area contributed by atoms with Crippen LogP contribution >= 0.6 is 15.9 Å². The molecule has 18 heavy (non-hydrogen) atoms. The van der Waals surface area contributed by atoms with Gasteiger partial charge in [-0.05, 0) is 17.7 Å². The van der Waals surface area contributed by atoms with Gasteiger partial charge in [-0.3, -0.25) is 9.69 Å². The third-order valence-electron chi connectivity index (χ3n) is 2.90. The predicted molar refractivity (Wildman–Crippen MR) is 66.9 cm³/mol. The fourth-order valence-corrected chi connectivity index (χ4v) is 2.61. The molecule has 0 saturated carbocycles. The van der Waals surface area contributed by atoms with Crippen LogP contribution in [0.3, 0.4) is 0 Å². The van der Waals surface area contributed by atoms with Crippen LogP contribution in [0.1, 0.15) is 11.6 Å². The highest BCUT2D eigenvalue weighted by Gasteiger charge is 2.30. The molecule has 6 heteroatoms. The summed E-state index contributed by atoms with van der Waals surface area (Å²) in [7, 11) is 0. The number of benzene rings is 1. The number of hydrogen-bond donors (Lipinski definition) is 1. The standard InChI is InChI=1S/C12H13BrFNO3/c13-10-7-8(14)1-2-9(10)11(12(16)17)15-3-5-18-6-4-15/h1-2,7,11H,3-6H2,(H,16,17). The lowest BCUT2D eigenvalue weighted by Crippen LogP contribution is -2.42. The number of hydrogen-bond acceptors (Lipinski definition) is 3. The fourth-order valence-electron chi connectivity index (χ4n) is 2.04. The van der Waals surface area contributed by atoms with Gasteiger partial charge in [-0.25, -0.2) is 4.39 Å². The van der Waals surface area contributed by atoms with Crippen LogP contribution in [0, 0.1) is 5.82 Å². The molecule has 4 nitrogen and oxygen atoms in total. The van der Waals surface area contributed by atoms with Gasteiger partial charge in [0, 0.05) is 17.6 Å². The summed E-state index contributed by atoms with van der Waals surface area (Å²) in [6, 6.07) is 3.29. The van der Waals surface area contributed by atoms with E-state index in [0.717, 1.165) is 0 Å². The summed E-state index contributed by atoms with van der Waals surface area (Å²) < 4.78 is 18.7. The first-order valence-corrected chi connectivity index (χ1v) is 6.38. The molecular weight excluding hydrogens is 305 g/mol. The van der Waals surface area contributed by atoms with Crippen LogP contribution < -0.4 is 0 Å². The zero-order valence-corrected chi connectivity index (χ0v) is 11.2. The van der Waals surface area contributed by atoms with Gasteiger partial charge in [-0.1, -0.05) is 22.0 Å². The molecule has 1 aliphatic heterocycles. The topological polar surface area (TPSA) is 49.8 Å². The molecule has 1 atom stereocenters.